The molecule has 0 fully saturated rings. The molecule has 22 heavy (non-hydrogen) atoms. The smallest absolute Gasteiger partial charge is 0.0312 e. The Morgan fingerprint density at radius 3 is 1.86 bits per heavy atom. The van der Waals surface area contributed by atoms with Crippen LogP contribution < -0.4 is 0 Å². The number of hydrogen-bond acceptors (Lipinski definition) is 0. The van der Waals surface area contributed by atoms with Gasteiger partial charge in [0.15, 0.2) is 0 Å². The van der Waals surface area contributed by atoms with Gasteiger partial charge in [-0.1, -0.05) is 71.9 Å². The van der Waals surface area contributed by atoms with Crippen molar-refractivity contribution in [1.82, 2.24) is 0 Å². The highest BCUT2D eigenvalue weighted by Crippen LogP contribution is 2.64. The standard InChI is InChI=1S/C21H25I/c1-19(2,3)21(20(4,5)6)17-10-8-7-9-15(17)16-12-11-14(22)13-18(16)21/h7-13H,1-6H3. The third-order valence-electron chi connectivity index (χ3n) is 5.26. The Hall–Kier alpha value is -0.830. The van der Waals surface area contributed by atoms with E-state index in [1.807, 2.05) is 0 Å². The lowest BCUT2D eigenvalue weighted by Gasteiger charge is -2.53. The van der Waals surface area contributed by atoms with Gasteiger partial charge in [0.05, 0.1) is 0 Å². The second-order valence-corrected chi connectivity index (χ2v) is 9.73. The van der Waals surface area contributed by atoms with Crippen LogP contribution in [0.5, 0.6) is 0 Å². The van der Waals surface area contributed by atoms with Crippen molar-refractivity contribution in [2.24, 2.45) is 10.8 Å². The Balaban J connectivity index is 2.52. The summed E-state index contributed by atoms with van der Waals surface area (Å²) in [6.45, 7) is 14.4. The highest BCUT2D eigenvalue weighted by molar-refractivity contribution is 14.1. The molecule has 3 rings (SSSR count). The van der Waals surface area contributed by atoms with Crippen LogP contribution in [0.3, 0.4) is 0 Å². The van der Waals surface area contributed by atoms with Crippen molar-refractivity contribution < 1.29 is 0 Å². The molecule has 0 radical (unpaired) electrons. The molecule has 0 amide bonds. The first kappa shape index (κ1) is 16.0. The van der Waals surface area contributed by atoms with Crippen LogP contribution >= 0.6 is 22.6 Å². The maximum atomic E-state index is 2.45. The van der Waals surface area contributed by atoms with Gasteiger partial charge in [0.25, 0.3) is 0 Å². The summed E-state index contributed by atoms with van der Waals surface area (Å²) in [4.78, 5) is 0. The van der Waals surface area contributed by atoms with E-state index in [1.54, 1.807) is 0 Å². The van der Waals surface area contributed by atoms with Crippen molar-refractivity contribution in [2.75, 3.05) is 0 Å². The minimum absolute atomic E-state index is 0.0209. The van der Waals surface area contributed by atoms with E-state index in [-0.39, 0.29) is 16.2 Å². The van der Waals surface area contributed by atoms with Crippen LogP contribution in [0.1, 0.15) is 52.7 Å². The summed E-state index contributed by atoms with van der Waals surface area (Å²) in [5.41, 5.74) is 6.12. The zero-order valence-corrected chi connectivity index (χ0v) is 16.6. The maximum absolute atomic E-state index is 2.45. The van der Waals surface area contributed by atoms with Gasteiger partial charge in [-0.3, -0.25) is 0 Å². The number of rotatable bonds is 0. The van der Waals surface area contributed by atoms with Gasteiger partial charge in [0, 0.05) is 8.99 Å². The molecule has 0 N–H and O–H groups in total. The average molecular weight is 404 g/mol. The lowest BCUT2D eigenvalue weighted by Crippen LogP contribution is -2.49. The molecule has 0 unspecified atom stereocenters. The summed E-state index contributed by atoms with van der Waals surface area (Å²) in [6.07, 6.45) is 0. The Morgan fingerprint density at radius 2 is 1.27 bits per heavy atom. The minimum atomic E-state index is 0.0209. The van der Waals surface area contributed by atoms with Crippen molar-refractivity contribution in [3.63, 3.8) is 0 Å². The first-order chi connectivity index (χ1) is 10.1. The molecule has 0 aromatic heterocycles. The maximum Gasteiger partial charge on any atom is 0.0312 e. The van der Waals surface area contributed by atoms with Crippen LogP contribution in [-0.2, 0) is 5.41 Å². The Bertz CT molecular complexity index is 712. The molecule has 116 valence electrons. The van der Waals surface area contributed by atoms with E-state index in [2.05, 4.69) is 107 Å². The lowest BCUT2D eigenvalue weighted by molar-refractivity contribution is 0.0950. The highest BCUT2D eigenvalue weighted by atomic mass is 127. The van der Waals surface area contributed by atoms with Crippen molar-refractivity contribution in [3.05, 3.63) is 57.2 Å². The van der Waals surface area contributed by atoms with Crippen molar-refractivity contribution in [2.45, 2.75) is 47.0 Å². The molecular weight excluding hydrogens is 379 g/mol. The van der Waals surface area contributed by atoms with Gasteiger partial charge in [-0.25, -0.2) is 0 Å². The summed E-state index contributed by atoms with van der Waals surface area (Å²) in [7, 11) is 0. The molecule has 0 nitrogen and oxygen atoms in total. The molecule has 0 spiro atoms. The fourth-order valence-corrected chi connectivity index (χ4v) is 5.48. The Kier molecular flexibility index (Phi) is 3.52. The number of hydrogen-bond donors (Lipinski definition) is 0. The van der Waals surface area contributed by atoms with Gasteiger partial charge in [0.2, 0.25) is 0 Å². The van der Waals surface area contributed by atoms with Crippen LogP contribution in [0.15, 0.2) is 42.5 Å². The summed E-state index contributed by atoms with van der Waals surface area (Å²) >= 11 is 2.45. The van der Waals surface area contributed by atoms with E-state index in [9.17, 15) is 0 Å². The quantitative estimate of drug-likeness (QED) is 0.431. The molecule has 0 saturated carbocycles. The summed E-state index contributed by atoms with van der Waals surface area (Å²) < 4.78 is 1.32. The van der Waals surface area contributed by atoms with E-state index < -0.39 is 0 Å². The molecule has 0 atom stereocenters. The Labute approximate surface area is 148 Å². The molecule has 0 bridgehead atoms. The third kappa shape index (κ3) is 1.94. The second-order valence-electron chi connectivity index (χ2n) is 8.49. The predicted octanol–water partition coefficient (Wildman–Crippen LogP) is 6.65. The first-order valence-electron chi connectivity index (χ1n) is 8.00. The number of benzene rings is 2. The molecule has 2 aromatic rings. The van der Waals surface area contributed by atoms with Gasteiger partial charge in [-0.15, -0.1) is 0 Å². The lowest BCUT2D eigenvalue weighted by atomic mass is 9.50. The van der Waals surface area contributed by atoms with Crippen molar-refractivity contribution >= 4 is 22.6 Å². The predicted molar refractivity (Wildman–Crippen MR) is 104 cm³/mol. The van der Waals surface area contributed by atoms with Gasteiger partial charge in [-0.05, 0) is 67.8 Å². The monoisotopic (exact) mass is 404 g/mol. The molecule has 0 heterocycles. The molecule has 1 aliphatic carbocycles. The molecule has 0 aliphatic heterocycles. The first-order valence-corrected chi connectivity index (χ1v) is 9.08. The third-order valence-corrected chi connectivity index (χ3v) is 5.93. The van der Waals surface area contributed by atoms with E-state index in [4.69, 9.17) is 0 Å². The molecule has 1 heteroatoms. The van der Waals surface area contributed by atoms with Crippen LogP contribution in [-0.4, -0.2) is 0 Å². The number of halogens is 1. The normalized spacial score (nSPS) is 16.3. The average Bonchev–Trinajstić information content (AvgIpc) is 2.67. The number of fused-ring (bicyclic) bond motifs is 3. The fraction of sp³-hybridized carbons (Fsp3) is 0.429. The SMILES string of the molecule is CC(C)(C)C1(C(C)(C)C)c2ccccc2-c2ccc(I)cc21. The van der Waals surface area contributed by atoms with Gasteiger partial charge < -0.3 is 0 Å². The molecular formula is C21H25I. The van der Waals surface area contributed by atoms with E-state index in [0.29, 0.717) is 0 Å². The van der Waals surface area contributed by atoms with Crippen molar-refractivity contribution in [1.29, 1.82) is 0 Å². The zero-order chi connectivity index (χ0) is 16.3. The molecule has 1 aliphatic rings. The largest absolute Gasteiger partial charge is 0.0619 e. The molecule has 2 aromatic carbocycles. The van der Waals surface area contributed by atoms with Gasteiger partial charge >= 0.3 is 0 Å². The van der Waals surface area contributed by atoms with Crippen LogP contribution in [0.4, 0.5) is 0 Å². The topological polar surface area (TPSA) is 0 Å². The van der Waals surface area contributed by atoms with Gasteiger partial charge in [-0.2, -0.15) is 0 Å². The van der Waals surface area contributed by atoms with Crippen molar-refractivity contribution in [3.8, 4) is 11.1 Å². The van der Waals surface area contributed by atoms with Crippen LogP contribution in [0.25, 0.3) is 11.1 Å². The minimum Gasteiger partial charge on any atom is -0.0619 e. The van der Waals surface area contributed by atoms with Crippen LogP contribution in [0, 0.1) is 14.4 Å². The highest BCUT2D eigenvalue weighted by Gasteiger charge is 2.57. The van der Waals surface area contributed by atoms with E-state index >= 15 is 0 Å². The second kappa shape index (κ2) is 4.83. The summed E-state index contributed by atoms with van der Waals surface area (Å²) in [5, 5.41) is 0. The Morgan fingerprint density at radius 1 is 0.727 bits per heavy atom. The summed E-state index contributed by atoms with van der Waals surface area (Å²) in [5.74, 6) is 0. The fourth-order valence-electron chi connectivity index (χ4n) is 4.99. The summed E-state index contributed by atoms with van der Waals surface area (Å²) in [6, 6.07) is 16.0. The molecule has 0 saturated heterocycles. The van der Waals surface area contributed by atoms with Gasteiger partial charge in [0.1, 0.15) is 0 Å². The van der Waals surface area contributed by atoms with E-state index in [1.165, 1.54) is 25.8 Å². The van der Waals surface area contributed by atoms with E-state index in [0.717, 1.165) is 0 Å². The zero-order valence-electron chi connectivity index (χ0n) is 14.4. The van der Waals surface area contributed by atoms with Crippen LogP contribution in [0.2, 0.25) is 0 Å².